The van der Waals surface area contributed by atoms with E-state index in [0.717, 1.165) is 16.7 Å². The molecule has 0 unspecified atom stereocenters. The number of esters is 1. The summed E-state index contributed by atoms with van der Waals surface area (Å²) < 4.78 is 26.9. The predicted octanol–water partition coefficient (Wildman–Crippen LogP) is 3.60. The summed E-state index contributed by atoms with van der Waals surface area (Å²) in [5, 5.41) is 0. The van der Waals surface area contributed by atoms with E-state index in [1.54, 1.807) is 10.8 Å². The number of fused-ring (bicyclic) bond motifs is 2. The minimum absolute atomic E-state index is 0.00240. The minimum atomic E-state index is -1.10. The van der Waals surface area contributed by atoms with Gasteiger partial charge in [0.2, 0.25) is 5.60 Å². The Balaban J connectivity index is 1.30. The second-order valence-corrected chi connectivity index (χ2v) is 9.72. The van der Waals surface area contributed by atoms with Crippen LogP contribution in [0, 0.1) is 0 Å². The largest absolute Gasteiger partial charge is 0.455 e. The fraction of sp³-hybridized carbons (Fsp3) is 0.233. The van der Waals surface area contributed by atoms with Gasteiger partial charge in [-0.1, -0.05) is 91.0 Å². The summed E-state index contributed by atoms with van der Waals surface area (Å²) in [5.41, 5.74) is 0.387. The number of rotatable bonds is 6. The summed E-state index contributed by atoms with van der Waals surface area (Å²) in [6.45, 7) is 0.112. The van der Waals surface area contributed by atoms with Crippen LogP contribution in [0.25, 0.3) is 0 Å². The molecule has 0 saturated carbocycles. The molecule has 0 N–H and O–H groups in total. The van der Waals surface area contributed by atoms with Gasteiger partial charge in [0.25, 0.3) is 5.56 Å². The zero-order valence-corrected chi connectivity index (χ0v) is 20.3. The summed E-state index contributed by atoms with van der Waals surface area (Å²) in [7, 11) is 0. The van der Waals surface area contributed by atoms with Gasteiger partial charge >= 0.3 is 12.0 Å². The topological polar surface area (TPSA) is 88.9 Å². The summed E-state index contributed by atoms with van der Waals surface area (Å²) in [6.07, 6.45) is -0.436. The van der Waals surface area contributed by atoms with Crippen molar-refractivity contribution >= 4 is 5.97 Å². The maximum absolute atomic E-state index is 12.5. The summed E-state index contributed by atoms with van der Waals surface area (Å²) in [5.74, 6) is -0.385. The first-order valence-electron chi connectivity index (χ1n) is 12.5. The van der Waals surface area contributed by atoms with Crippen LogP contribution in [0.4, 0.5) is 0 Å². The molecular formula is C30H24N2O6. The van der Waals surface area contributed by atoms with Gasteiger partial charge in [0, 0.05) is 12.3 Å². The van der Waals surface area contributed by atoms with Crippen LogP contribution >= 0.6 is 0 Å². The third-order valence-electron chi connectivity index (χ3n) is 7.56. The standard InChI is InChI=1S/C30H24N2O6/c33-24-16-17-32-27-29(38-28(32)31-24)18-25(34)37-26(29)23(36-27)19-35-30(20-10-4-1-5-11-20,21-12-6-2-7-13-21)22-14-8-3-9-15-22/h1-17,23,26-27H,18-19H2/t23-,26-,27-,29+/m1/s1. The first-order valence-corrected chi connectivity index (χ1v) is 12.5. The zero-order chi connectivity index (χ0) is 25.7. The molecule has 0 radical (unpaired) electrons. The van der Waals surface area contributed by atoms with Crippen LogP contribution in [0.5, 0.6) is 6.01 Å². The van der Waals surface area contributed by atoms with Crippen molar-refractivity contribution in [3.05, 3.63) is 130 Å². The van der Waals surface area contributed by atoms with Crippen molar-refractivity contribution in [1.82, 2.24) is 9.55 Å². The lowest BCUT2D eigenvalue weighted by molar-refractivity contribution is -0.151. The smallest absolute Gasteiger partial charge is 0.310 e. The van der Waals surface area contributed by atoms with Gasteiger partial charge in [-0.15, -0.1) is 0 Å². The number of nitrogens with zero attached hydrogens (tertiary/aromatic N) is 2. The lowest BCUT2D eigenvalue weighted by Crippen LogP contribution is -2.46. The van der Waals surface area contributed by atoms with E-state index in [1.165, 1.54) is 6.07 Å². The van der Waals surface area contributed by atoms with Gasteiger partial charge in [-0.2, -0.15) is 4.98 Å². The first kappa shape index (κ1) is 22.9. The maximum atomic E-state index is 12.5. The number of ether oxygens (including phenoxy) is 4. The van der Waals surface area contributed by atoms with Crippen molar-refractivity contribution in [2.24, 2.45) is 0 Å². The van der Waals surface area contributed by atoms with E-state index >= 15 is 0 Å². The quantitative estimate of drug-likeness (QED) is 0.291. The van der Waals surface area contributed by atoms with E-state index in [9.17, 15) is 9.59 Å². The van der Waals surface area contributed by atoms with Crippen molar-refractivity contribution < 1.29 is 23.7 Å². The highest BCUT2D eigenvalue weighted by atomic mass is 16.7. The lowest BCUT2D eigenvalue weighted by Gasteiger charge is -2.37. The fourth-order valence-corrected chi connectivity index (χ4v) is 5.95. The third kappa shape index (κ3) is 3.34. The molecular weight excluding hydrogens is 484 g/mol. The van der Waals surface area contributed by atoms with Gasteiger partial charge in [0.1, 0.15) is 11.7 Å². The van der Waals surface area contributed by atoms with Crippen molar-refractivity contribution in [3.63, 3.8) is 0 Å². The average molecular weight is 509 g/mol. The lowest BCUT2D eigenvalue weighted by atomic mass is 9.80. The van der Waals surface area contributed by atoms with Gasteiger partial charge in [-0.25, -0.2) is 0 Å². The normalized spacial score (nSPS) is 25.3. The molecule has 0 bridgehead atoms. The van der Waals surface area contributed by atoms with E-state index in [-0.39, 0.29) is 25.0 Å². The molecule has 1 aromatic heterocycles. The summed E-state index contributed by atoms with van der Waals surface area (Å²) in [4.78, 5) is 28.3. The summed E-state index contributed by atoms with van der Waals surface area (Å²) in [6, 6.07) is 31.6. The molecule has 4 aromatic rings. The van der Waals surface area contributed by atoms with E-state index in [1.807, 2.05) is 91.0 Å². The number of benzene rings is 3. The molecule has 8 heteroatoms. The molecule has 8 nitrogen and oxygen atoms in total. The van der Waals surface area contributed by atoms with Gasteiger partial charge in [0.05, 0.1) is 13.0 Å². The number of carbonyl (C=O) groups excluding carboxylic acids is 1. The highest BCUT2D eigenvalue weighted by Gasteiger charge is 2.70. The van der Waals surface area contributed by atoms with Gasteiger partial charge in [-0.3, -0.25) is 14.2 Å². The molecule has 190 valence electrons. The molecule has 3 aliphatic heterocycles. The van der Waals surface area contributed by atoms with Gasteiger partial charge in [0.15, 0.2) is 12.3 Å². The second-order valence-electron chi connectivity index (χ2n) is 9.72. The maximum Gasteiger partial charge on any atom is 0.310 e. The Morgan fingerprint density at radius 1 is 0.868 bits per heavy atom. The van der Waals surface area contributed by atoms with E-state index in [4.69, 9.17) is 18.9 Å². The molecule has 4 heterocycles. The Labute approximate surface area is 218 Å². The molecule has 0 aliphatic carbocycles. The first-order chi connectivity index (χ1) is 18.6. The highest BCUT2D eigenvalue weighted by molar-refractivity contribution is 5.74. The van der Waals surface area contributed by atoms with Crippen molar-refractivity contribution in [1.29, 1.82) is 0 Å². The number of carbonyl (C=O) groups is 1. The molecule has 7 rings (SSSR count). The third-order valence-corrected chi connectivity index (χ3v) is 7.56. The monoisotopic (exact) mass is 508 g/mol. The molecule has 4 atom stereocenters. The van der Waals surface area contributed by atoms with Gasteiger partial charge < -0.3 is 18.9 Å². The molecule has 1 spiro atoms. The number of hydrogen-bond donors (Lipinski definition) is 0. The van der Waals surface area contributed by atoms with Crippen molar-refractivity contribution in [2.75, 3.05) is 6.61 Å². The zero-order valence-electron chi connectivity index (χ0n) is 20.3. The molecule has 38 heavy (non-hydrogen) atoms. The van der Waals surface area contributed by atoms with Crippen molar-refractivity contribution in [3.8, 4) is 6.01 Å². The fourth-order valence-electron chi connectivity index (χ4n) is 5.95. The SMILES string of the molecule is O=C1C[C@@]23Oc4nc(=O)ccn4[C@@H]2O[C@H](COC(c2ccccc2)(c2ccccc2)c2ccccc2)[C@H]3O1. The van der Waals surface area contributed by atoms with E-state index in [2.05, 4.69) is 4.98 Å². The number of hydrogen-bond acceptors (Lipinski definition) is 7. The van der Waals surface area contributed by atoms with Crippen LogP contribution in [0.1, 0.15) is 29.3 Å². The van der Waals surface area contributed by atoms with Crippen LogP contribution in [0.3, 0.4) is 0 Å². The van der Waals surface area contributed by atoms with E-state index in [0.29, 0.717) is 0 Å². The number of aromatic nitrogens is 2. The van der Waals surface area contributed by atoms with Crippen molar-refractivity contribution in [2.45, 2.75) is 36.1 Å². The molecule has 3 aromatic carbocycles. The Kier molecular flexibility index (Phi) is 5.21. The molecule has 3 aliphatic rings. The van der Waals surface area contributed by atoms with E-state index < -0.39 is 35.2 Å². The Morgan fingerprint density at radius 3 is 2.03 bits per heavy atom. The predicted molar refractivity (Wildman–Crippen MR) is 135 cm³/mol. The van der Waals surface area contributed by atoms with Crippen LogP contribution in [-0.4, -0.2) is 39.9 Å². The van der Waals surface area contributed by atoms with Gasteiger partial charge in [-0.05, 0) is 16.7 Å². The van der Waals surface area contributed by atoms with Crippen LogP contribution < -0.4 is 10.3 Å². The Morgan fingerprint density at radius 2 is 1.45 bits per heavy atom. The summed E-state index contributed by atoms with van der Waals surface area (Å²) >= 11 is 0. The van der Waals surface area contributed by atoms with Crippen LogP contribution in [-0.2, 0) is 24.6 Å². The average Bonchev–Trinajstić information content (AvgIpc) is 3.53. The Hall–Kier alpha value is -4.27. The molecule has 2 fully saturated rings. The van der Waals surface area contributed by atoms with Crippen LogP contribution in [0.2, 0.25) is 0 Å². The highest BCUT2D eigenvalue weighted by Crippen LogP contribution is 2.54. The molecule has 0 amide bonds. The minimum Gasteiger partial charge on any atom is -0.455 e. The van der Waals surface area contributed by atoms with Crippen LogP contribution in [0.15, 0.2) is 108 Å². The Bertz CT molecular complexity index is 1440. The second kappa shape index (κ2) is 8.65. The molecule has 2 saturated heterocycles.